The molecule has 0 nitrogen and oxygen atoms in total. The molecule has 1 atom stereocenters. The summed E-state index contributed by atoms with van der Waals surface area (Å²) >= 11 is 2.44. The second kappa shape index (κ2) is 3.11. The van der Waals surface area contributed by atoms with Gasteiger partial charge < -0.3 is 0 Å². The first-order chi connectivity index (χ1) is 3.79. The fraction of sp³-hybridized carbons (Fsp3) is 0.667. The monoisotopic (exact) mass is 241 g/mol. The molecule has 0 spiro atoms. The summed E-state index contributed by atoms with van der Waals surface area (Å²) in [4.78, 5) is 1.55. The molecule has 1 rings (SSSR count). The molecular formula is C6H10IS-. The van der Waals surface area contributed by atoms with Crippen molar-refractivity contribution in [3.63, 3.8) is 0 Å². The average Bonchev–Trinajstić information content (AvgIpc) is 1.77. The summed E-state index contributed by atoms with van der Waals surface area (Å²) in [5.74, 6) is 1.37. The summed E-state index contributed by atoms with van der Waals surface area (Å²) < 4.78 is 3.46. The van der Waals surface area contributed by atoms with Gasteiger partial charge in [0.2, 0.25) is 0 Å². The van der Waals surface area contributed by atoms with E-state index in [1.165, 1.54) is 5.75 Å². The third-order valence-electron chi connectivity index (χ3n) is 0.972. The Bertz CT molecular complexity index is 109. The van der Waals surface area contributed by atoms with Crippen molar-refractivity contribution < 1.29 is 21.2 Å². The summed E-state index contributed by atoms with van der Waals surface area (Å²) in [5.41, 5.74) is 0. The van der Waals surface area contributed by atoms with Crippen LogP contribution in [0, 0.1) is 0 Å². The van der Waals surface area contributed by atoms with E-state index in [0.717, 1.165) is 3.92 Å². The minimum atomic E-state index is 0.429. The molecule has 0 fully saturated rings. The van der Waals surface area contributed by atoms with Crippen molar-refractivity contribution in [3.8, 4) is 0 Å². The number of rotatable bonds is 0. The SMILES string of the molecule is CC1=C[I-]C(C)CS1. The van der Waals surface area contributed by atoms with E-state index < -0.39 is 0 Å². The molecule has 1 heterocycles. The van der Waals surface area contributed by atoms with E-state index in [1.54, 1.807) is 4.91 Å². The second-order valence-electron chi connectivity index (χ2n) is 1.94. The number of allylic oxidation sites excluding steroid dienone is 1. The van der Waals surface area contributed by atoms with Crippen molar-refractivity contribution in [3.05, 3.63) is 8.99 Å². The molecule has 0 aromatic carbocycles. The predicted octanol–water partition coefficient (Wildman–Crippen LogP) is -0.928. The quantitative estimate of drug-likeness (QED) is 0.390. The Balaban J connectivity index is 2.42. The van der Waals surface area contributed by atoms with Crippen molar-refractivity contribution in [2.75, 3.05) is 5.75 Å². The van der Waals surface area contributed by atoms with Crippen LogP contribution in [0.4, 0.5) is 0 Å². The molecule has 0 saturated carbocycles. The van der Waals surface area contributed by atoms with Gasteiger partial charge in [0.25, 0.3) is 0 Å². The van der Waals surface area contributed by atoms with Crippen LogP contribution in [0.1, 0.15) is 13.8 Å². The van der Waals surface area contributed by atoms with Crippen LogP contribution in [0.25, 0.3) is 0 Å². The molecule has 0 radical (unpaired) electrons. The van der Waals surface area contributed by atoms with Crippen molar-refractivity contribution in [2.24, 2.45) is 0 Å². The third kappa shape index (κ3) is 1.97. The Hall–Kier alpha value is 0.820. The van der Waals surface area contributed by atoms with Crippen LogP contribution in [0.5, 0.6) is 0 Å². The molecule has 0 aromatic heterocycles. The number of hydrogen-bond donors (Lipinski definition) is 0. The Morgan fingerprint density at radius 1 is 1.88 bits per heavy atom. The van der Waals surface area contributed by atoms with E-state index in [9.17, 15) is 0 Å². The fourth-order valence-electron chi connectivity index (χ4n) is 0.510. The molecule has 0 bridgehead atoms. The molecular weight excluding hydrogens is 231 g/mol. The number of thioether (sulfide) groups is 1. The van der Waals surface area contributed by atoms with Gasteiger partial charge in [-0.25, -0.2) is 0 Å². The normalized spacial score (nSPS) is 30.8. The molecule has 1 aliphatic rings. The summed E-state index contributed by atoms with van der Waals surface area (Å²) in [7, 11) is 0. The van der Waals surface area contributed by atoms with Gasteiger partial charge in [-0.2, -0.15) is 0 Å². The summed E-state index contributed by atoms with van der Waals surface area (Å²) in [5, 5.41) is 0. The average molecular weight is 241 g/mol. The molecule has 0 aromatic rings. The van der Waals surface area contributed by atoms with Gasteiger partial charge in [-0.15, -0.1) is 0 Å². The van der Waals surface area contributed by atoms with E-state index in [0.29, 0.717) is 21.2 Å². The van der Waals surface area contributed by atoms with E-state index >= 15 is 0 Å². The Kier molecular flexibility index (Phi) is 2.69. The van der Waals surface area contributed by atoms with Crippen molar-refractivity contribution in [2.45, 2.75) is 17.8 Å². The van der Waals surface area contributed by atoms with Gasteiger partial charge in [0, 0.05) is 0 Å². The molecule has 0 N–H and O–H groups in total. The second-order valence-corrected chi connectivity index (χ2v) is 6.67. The van der Waals surface area contributed by atoms with Crippen molar-refractivity contribution >= 4 is 11.8 Å². The van der Waals surface area contributed by atoms with Crippen LogP contribution in [0.3, 0.4) is 0 Å². The first-order valence-corrected chi connectivity index (χ1v) is 6.18. The van der Waals surface area contributed by atoms with Gasteiger partial charge in [0.15, 0.2) is 0 Å². The first kappa shape index (κ1) is 6.93. The number of alkyl halides is 1. The van der Waals surface area contributed by atoms with E-state index in [4.69, 9.17) is 0 Å². The predicted molar refractivity (Wildman–Crippen MR) is 35.7 cm³/mol. The minimum absolute atomic E-state index is 0.429. The van der Waals surface area contributed by atoms with E-state index in [-0.39, 0.29) is 0 Å². The first-order valence-electron chi connectivity index (χ1n) is 2.70. The van der Waals surface area contributed by atoms with E-state index in [2.05, 4.69) is 17.9 Å². The van der Waals surface area contributed by atoms with Gasteiger partial charge >= 0.3 is 65.5 Å². The molecule has 0 aliphatic carbocycles. The van der Waals surface area contributed by atoms with Gasteiger partial charge in [-0.1, -0.05) is 0 Å². The molecule has 2 heteroatoms. The van der Waals surface area contributed by atoms with Crippen molar-refractivity contribution in [1.82, 2.24) is 0 Å². The number of halogens is 1. The van der Waals surface area contributed by atoms with Gasteiger partial charge in [-0.05, 0) is 0 Å². The summed E-state index contributed by atoms with van der Waals surface area (Å²) in [6.45, 7) is 4.57. The molecule has 1 unspecified atom stereocenters. The van der Waals surface area contributed by atoms with E-state index in [1.807, 2.05) is 11.8 Å². The zero-order chi connectivity index (χ0) is 5.98. The molecule has 48 valence electrons. The molecule has 0 saturated heterocycles. The molecule has 0 amide bonds. The molecule has 1 aliphatic heterocycles. The van der Waals surface area contributed by atoms with Crippen LogP contribution in [-0.4, -0.2) is 9.68 Å². The van der Waals surface area contributed by atoms with Crippen LogP contribution in [0.2, 0.25) is 0 Å². The topological polar surface area (TPSA) is 0 Å². The van der Waals surface area contributed by atoms with Gasteiger partial charge in [-0.3, -0.25) is 0 Å². The molecule has 8 heavy (non-hydrogen) atoms. The maximum atomic E-state index is 2.44. The summed E-state index contributed by atoms with van der Waals surface area (Å²) in [6.07, 6.45) is 0. The van der Waals surface area contributed by atoms with Gasteiger partial charge in [0.05, 0.1) is 0 Å². The maximum absolute atomic E-state index is 2.44. The Labute approximate surface area is 65.4 Å². The van der Waals surface area contributed by atoms with Crippen molar-refractivity contribution in [1.29, 1.82) is 0 Å². The Morgan fingerprint density at radius 3 is 3.00 bits per heavy atom. The van der Waals surface area contributed by atoms with Gasteiger partial charge in [0.1, 0.15) is 0 Å². The zero-order valence-electron chi connectivity index (χ0n) is 5.15. The zero-order valence-corrected chi connectivity index (χ0v) is 8.12. The Morgan fingerprint density at radius 2 is 2.62 bits per heavy atom. The third-order valence-corrected chi connectivity index (χ3v) is 6.19. The fourth-order valence-corrected chi connectivity index (χ4v) is 4.31. The van der Waals surface area contributed by atoms with Crippen LogP contribution in [-0.2, 0) is 0 Å². The standard InChI is InChI=1S/C6H10IS/c1-5-4-8-6(2)3-7-5/h3,5H,4H2,1-2H3/q-1. The van der Waals surface area contributed by atoms with Crippen LogP contribution < -0.4 is 21.2 Å². The summed E-state index contributed by atoms with van der Waals surface area (Å²) in [6, 6.07) is 0. The van der Waals surface area contributed by atoms with Crippen LogP contribution >= 0.6 is 11.8 Å². The van der Waals surface area contributed by atoms with Crippen LogP contribution in [0.15, 0.2) is 8.99 Å². The number of hydrogen-bond acceptors (Lipinski definition) is 1.